The van der Waals surface area contributed by atoms with E-state index >= 15 is 0 Å². The molecule has 154 valence electrons. The van der Waals surface area contributed by atoms with Crippen LogP contribution in [0.4, 0.5) is 5.69 Å². The minimum absolute atomic E-state index is 0.00988. The second-order valence-corrected chi connectivity index (χ2v) is 7.67. The number of aryl methyl sites for hydroxylation is 1. The standard InChI is InChI=1S/C24H30N2O3/c1-3-29-22-7-5-4-6-21(22)26-24(28)20-14-12-19(13-15-20)23(27)25-16-18-10-8-17(2)9-11-18/h4-11,19-20H,3,12-16H2,1-2H3,(H,25,27)(H,26,28). The molecule has 1 aliphatic carbocycles. The maximum Gasteiger partial charge on any atom is 0.227 e. The Morgan fingerprint density at radius 1 is 0.931 bits per heavy atom. The van der Waals surface area contributed by atoms with Crippen molar-refractivity contribution in [3.05, 3.63) is 59.7 Å². The largest absolute Gasteiger partial charge is 0.492 e. The highest BCUT2D eigenvalue weighted by molar-refractivity contribution is 5.94. The molecule has 3 rings (SSSR count). The first kappa shape index (κ1) is 20.9. The van der Waals surface area contributed by atoms with Crippen molar-refractivity contribution in [2.45, 2.75) is 46.1 Å². The van der Waals surface area contributed by atoms with E-state index in [1.54, 1.807) is 0 Å². The summed E-state index contributed by atoms with van der Waals surface area (Å²) in [5, 5.41) is 6.03. The van der Waals surface area contributed by atoms with Crippen molar-refractivity contribution in [3.63, 3.8) is 0 Å². The van der Waals surface area contributed by atoms with Gasteiger partial charge >= 0.3 is 0 Å². The van der Waals surface area contributed by atoms with Crippen LogP contribution in [-0.2, 0) is 16.1 Å². The second kappa shape index (κ2) is 10.1. The molecule has 5 heteroatoms. The molecule has 2 aromatic carbocycles. The number of rotatable bonds is 7. The molecule has 1 aliphatic rings. The van der Waals surface area contributed by atoms with E-state index in [0.717, 1.165) is 31.2 Å². The SMILES string of the molecule is CCOc1ccccc1NC(=O)C1CCC(C(=O)NCc2ccc(C)cc2)CC1. The van der Waals surface area contributed by atoms with Crippen LogP contribution in [0.3, 0.4) is 0 Å². The monoisotopic (exact) mass is 394 g/mol. The summed E-state index contributed by atoms with van der Waals surface area (Å²) in [6, 6.07) is 15.7. The summed E-state index contributed by atoms with van der Waals surface area (Å²) < 4.78 is 5.58. The molecule has 2 N–H and O–H groups in total. The first-order valence-corrected chi connectivity index (χ1v) is 10.4. The van der Waals surface area contributed by atoms with Crippen molar-refractivity contribution >= 4 is 17.5 Å². The topological polar surface area (TPSA) is 67.4 Å². The minimum atomic E-state index is -0.0640. The molecule has 0 saturated heterocycles. The Morgan fingerprint density at radius 3 is 2.21 bits per heavy atom. The fourth-order valence-electron chi connectivity index (χ4n) is 3.74. The lowest BCUT2D eigenvalue weighted by molar-refractivity contribution is -0.128. The zero-order chi connectivity index (χ0) is 20.6. The average Bonchev–Trinajstić information content (AvgIpc) is 2.75. The van der Waals surface area contributed by atoms with Gasteiger partial charge in [-0.1, -0.05) is 42.0 Å². The van der Waals surface area contributed by atoms with Crippen molar-refractivity contribution in [3.8, 4) is 5.75 Å². The number of ether oxygens (including phenoxy) is 1. The van der Waals surface area contributed by atoms with Crippen LogP contribution in [0.1, 0.15) is 43.7 Å². The van der Waals surface area contributed by atoms with Gasteiger partial charge in [0.05, 0.1) is 12.3 Å². The molecule has 0 bridgehead atoms. The van der Waals surface area contributed by atoms with Gasteiger partial charge in [0.25, 0.3) is 0 Å². The molecule has 2 amide bonds. The van der Waals surface area contributed by atoms with Crippen LogP contribution in [0.25, 0.3) is 0 Å². The first-order chi connectivity index (χ1) is 14.1. The van der Waals surface area contributed by atoms with Crippen LogP contribution in [-0.4, -0.2) is 18.4 Å². The maximum atomic E-state index is 12.7. The lowest BCUT2D eigenvalue weighted by Crippen LogP contribution is -2.35. The molecule has 0 atom stereocenters. The second-order valence-electron chi connectivity index (χ2n) is 7.67. The summed E-state index contributed by atoms with van der Waals surface area (Å²) in [6.07, 6.45) is 2.94. The number of benzene rings is 2. The van der Waals surface area contributed by atoms with Crippen molar-refractivity contribution in [1.29, 1.82) is 0 Å². The number of carbonyl (C=O) groups is 2. The third kappa shape index (κ3) is 5.83. The first-order valence-electron chi connectivity index (χ1n) is 10.4. The van der Waals surface area contributed by atoms with Crippen LogP contribution in [0.15, 0.2) is 48.5 Å². The quantitative estimate of drug-likeness (QED) is 0.729. The number of nitrogens with one attached hydrogen (secondary N) is 2. The van der Waals surface area contributed by atoms with Crippen LogP contribution < -0.4 is 15.4 Å². The summed E-state index contributed by atoms with van der Waals surface area (Å²) in [7, 11) is 0. The number of carbonyl (C=O) groups excluding carboxylic acids is 2. The maximum absolute atomic E-state index is 12.7. The lowest BCUT2D eigenvalue weighted by Gasteiger charge is -2.27. The lowest BCUT2D eigenvalue weighted by atomic mass is 9.81. The van der Waals surface area contributed by atoms with Gasteiger partial charge in [0.2, 0.25) is 11.8 Å². The zero-order valence-electron chi connectivity index (χ0n) is 17.2. The Labute approximate surface area is 172 Å². The van der Waals surface area contributed by atoms with Gasteiger partial charge in [-0.25, -0.2) is 0 Å². The Kier molecular flexibility index (Phi) is 7.28. The van der Waals surface area contributed by atoms with E-state index in [1.165, 1.54) is 5.56 Å². The third-order valence-electron chi connectivity index (χ3n) is 5.50. The summed E-state index contributed by atoms with van der Waals surface area (Å²) in [6.45, 7) is 5.07. The van der Waals surface area contributed by atoms with E-state index in [1.807, 2.05) is 50.2 Å². The van der Waals surface area contributed by atoms with E-state index in [-0.39, 0.29) is 23.7 Å². The van der Waals surface area contributed by atoms with Gasteiger partial charge < -0.3 is 15.4 Å². The van der Waals surface area contributed by atoms with E-state index in [2.05, 4.69) is 22.8 Å². The number of hydrogen-bond donors (Lipinski definition) is 2. The van der Waals surface area contributed by atoms with E-state index in [9.17, 15) is 9.59 Å². The van der Waals surface area contributed by atoms with Crippen molar-refractivity contribution in [2.75, 3.05) is 11.9 Å². The van der Waals surface area contributed by atoms with Crippen LogP contribution in [0.2, 0.25) is 0 Å². The van der Waals surface area contributed by atoms with Crippen molar-refractivity contribution < 1.29 is 14.3 Å². The van der Waals surface area contributed by atoms with Crippen LogP contribution in [0.5, 0.6) is 5.75 Å². The highest BCUT2D eigenvalue weighted by atomic mass is 16.5. The van der Waals surface area contributed by atoms with Crippen LogP contribution in [0, 0.1) is 18.8 Å². The molecule has 0 spiro atoms. The highest BCUT2D eigenvalue weighted by Crippen LogP contribution is 2.31. The predicted molar refractivity (Wildman–Crippen MR) is 115 cm³/mol. The number of amides is 2. The average molecular weight is 395 g/mol. The molecule has 2 aromatic rings. The Morgan fingerprint density at radius 2 is 1.55 bits per heavy atom. The summed E-state index contributed by atoms with van der Waals surface area (Å²) in [4.78, 5) is 25.2. The highest BCUT2D eigenvalue weighted by Gasteiger charge is 2.30. The Hall–Kier alpha value is -2.82. The zero-order valence-corrected chi connectivity index (χ0v) is 17.2. The molecule has 0 radical (unpaired) electrons. The molecule has 29 heavy (non-hydrogen) atoms. The van der Waals surface area contributed by atoms with Gasteiger partial charge in [-0.2, -0.15) is 0 Å². The Balaban J connectivity index is 1.46. The number of anilines is 1. The van der Waals surface area contributed by atoms with Gasteiger partial charge in [0.15, 0.2) is 0 Å². The van der Waals surface area contributed by atoms with Gasteiger partial charge in [0.1, 0.15) is 5.75 Å². The molecule has 0 aromatic heterocycles. The number of hydrogen-bond acceptors (Lipinski definition) is 3. The molecule has 0 heterocycles. The van der Waals surface area contributed by atoms with Gasteiger partial charge in [-0.3, -0.25) is 9.59 Å². The fraction of sp³-hybridized carbons (Fsp3) is 0.417. The molecule has 0 unspecified atom stereocenters. The molecule has 5 nitrogen and oxygen atoms in total. The van der Waals surface area contributed by atoms with Gasteiger partial charge in [0, 0.05) is 18.4 Å². The summed E-state index contributed by atoms with van der Waals surface area (Å²) in [5.41, 5.74) is 3.02. The molecular weight excluding hydrogens is 364 g/mol. The molecule has 1 fully saturated rings. The number of para-hydroxylation sites is 2. The van der Waals surface area contributed by atoms with Crippen LogP contribution >= 0.6 is 0 Å². The van der Waals surface area contributed by atoms with Gasteiger partial charge in [-0.05, 0) is 57.2 Å². The fourth-order valence-corrected chi connectivity index (χ4v) is 3.74. The van der Waals surface area contributed by atoms with E-state index in [0.29, 0.717) is 24.6 Å². The van der Waals surface area contributed by atoms with E-state index in [4.69, 9.17) is 4.74 Å². The van der Waals surface area contributed by atoms with E-state index < -0.39 is 0 Å². The summed E-state index contributed by atoms with van der Waals surface area (Å²) in [5.74, 6) is 0.709. The molecule has 1 saturated carbocycles. The van der Waals surface area contributed by atoms with Crippen molar-refractivity contribution in [1.82, 2.24) is 5.32 Å². The van der Waals surface area contributed by atoms with Gasteiger partial charge in [-0.15, -0.1) is 0 Å². The minimum Gasteiger partial charge on any atom is -0.492 e. The predicted octanol–water partition coefficient (Wildman–Crippen LogP) is 4.46. The smallest absolute Gasteiger partial charge is 0.227 e. The summed E-state index contributed by atoms with van der Waals surface area (Å²) >= 11 is 0. The van der Waals surface area contributed by atoms with Crippen molar-refractivity contribution in [2.24, 2.45) is 11.8 Å². The molecular formula is C24H30N2O3. The normalized spacial score (nSPS) is 18.7. The third-order valence-corrected chi connectivity index (χ3v) is 5.50. The molecule has 0 aliphatic heterocycles. The Bertz CT molecular complexity index is 824.